The topological polar surface area (TPSA) is 70.7 Å². The first-order valence-corrected chi connectivity index (χ1v) is 8.37. The Morgan fingerprint density at radius 2 is 2.20 bits per heavy atom. The molecule has 6 heteroatoms. The van der Waals surface area contributed by atoms with Crippen LogP contribution in [0.2, 0.25) is 0 Å². The molecule has 25 heavy (non-hydrogen) atoms. The fraction of sp³-hybridized carbons (Fsp3) is 0.421. The second-order valence-corrected chi connectivity index (χ2v) is 6.12. The summed E-state index contributed by atoms with van der Waals surface area (Å²) in [6.45, 7) is 6.27. The van der Waals surface area contributed by atoms with Crippen LogP contribution in [0.4, 0.5) is 4.39 Å². The smallest absolute Gasteiger partial charge is 0.220 e. The Hall–Kier alpha value is -2.68. The van der Waals surface area contributed by atoms with Crippen LogP contribution in [-0.2, 0) is 17.8 Å². The number of amides is 1. The summed E-state index contributed by atoms with van der Waals surface area (Å²) >= 11 is 0. The second kappa shape index (κ2) is 8.43. The number of nitrogens with zero attached hydrogens (tertiary/aromatic N) is 3. The number of hydrogen-bond donors (Lipinski definition) is 1. The summed E-state index contributed by atoms with van der Waals surface area (Å²) in [6.07, 6.45) is 1.34. The predicted octanol–water partition coefficient (Wildman–Crippen LogP) is 3.36. The minimum Gasteiger partial charge on any atom is -0.350 e. The second-order valence-electron chi connectivity index (χ2n) is 6.12. The van der Waals surface area contributed by atoms with Crippen molar-refractivity contribution in [3.05, 3.63) is 52.6 Å². The maximum absolute atomic E-state index is 13.3. The van der Waals surface area contributed by atoms with E-state index in [0.29, 0.717) is 25.8 Å². The van der Waals surface area contributed by atoms with Gasteiger partial charge >= 0.3 is 0 Å². The summed E-state index contributed by atoms with van der Waals surface area (Å²) in [5.74, 6) is -0.394. The standard InChI is InChI=1S/C19H23FN4O/c1-13(16-6-4-7-17(20)12-16)22-19(25)9-8-18-14(2)23-24(15(18)3)11-5-10-21/h4,6-7,12-13H,5,8-9,11H2,1-3H3,(H,22,25)/t13-/m0/s1. The van der Waals surface area contributed by atoms with Crippen LogP contribution in [-0.4, -0.2) is 15.7 Å². The van der Waals surface area contributed by atoms with Crippen LogP contribution in [0.25, 0.3) is 0 Å². The molecule has 1 N–H and O–H groups in total. The third-order valence-electron chi connectivity index (χ3n) is 4.29. The number of carbonyl (C=O) groups is 1. The first-order valence-electron chi connectivity index (χ1n) is 8.37. The van der Waals surface area contributed by atoms with Gasteiger partial charge < -0.3 is 5.32 Å². The number of benzene rings is 1. The van der Waals surface area contributed by atoms with E-state index in [-0.39, 0.29) is 17.8 Å². The van der Waals surface area contributed by atoms with E-state index in [2.05, 4.69) is 16.5 Å². The molecule has 0 spiro atoms. The number of aromatic nitrogens is 2. The van der Waals surface area contributed by atoms with Gasteiger partial charge in [-0.15, -0.1) is 0 Å². The van der Waals surface area contributed by atoms with Crippen molar-refractivity contribution in [1.82, 2.24) is 15.1 Å². The highest BCUT2D eigenvalue weighted by Crippen LogP contribution is 2.17. The maximum Gasteiger partial charge on any atom is 0.220 e. The molecule has 0 radical (unpaired) electrons. The molecule has 0 saturated carbocycles. The van der Waals surface area contributed by atoms with E-state index in [0.717, 1.165) is 22.5 Å². The molecular formula is C19H23FN4O. The predicted molar refractivity (Wildman–Crippen MR) is 93.2 cm³/mol. The fourth-order valence-electron chi connectivity index (χ4n) is 2.88. The molecule has 0 fully saturated rings. The Balaban J connectivity index is 1.94. The van der Waals surface area contributed by atoms with E-state index in [1.54, 1.807) is 12.1 Å². The van der Waals surface area contributed by atoms with Crippen molar-refractivity contribution in [3.8, 4) is 6.07 Å². The minimum absolute atomic E-state index is 0.0830. The van der Waals surface area contributed by atoms with Gasteiger partial charge in [0.15, 0.2) is 0 Å². The number of aryl methyl sites for hydroxylation is 2. The van der Waals surface area contributed by atoms with Crippen LogP contribution >= 0.6 is 0 Å². The molecule has 2 rings (SSSR count). The van der Waals surface area contributed by atoms with Gasteiger partial charge in [-0.25, -0.2) is 4.39 Å². The van der Waals surface area contributed by atoms with E-state index in [1.807, 2.05) is 25.5 Å². The van der Waals surface area contributed by atoms with Gasteiger partial charge in [0.25, 0.3) is 0 Å². The molecule has 0 aliphatic rings. The molecule has 2 aromatic rings. The molecule has 5 nitrogen and oxygen atoms in total. The molecule has 0 aliphatic heterocycles. The van der Waals surface area contributed by atoms with Crippen molar-refractivity contribution >= 4 is 5.91 Å². The lowest BCUT2D eigenvalue weighted by molar-refractivity contribution is -0.121. The van der Waals surface area contributed by atoms with E-state index in [1.165, 1.54) is 12.1 Å². The van der Waals surface area contributed by atoms with Crippen molar-refractivity contribution < 1.29 is 9.18 Å². The van der Waals surface area contributed by atoms with E-state index in [9.17, 15) is 9.18 Å². The van der Waals surface area contributed by atoms with Crippen LogP contribution in [0, 0.1) is 31.0 Å². The fourth-order valence-corrected chi connectivity index (χ4v) is 2.88. The van der Waals surface area contributed by atoms with Gasteiger partial charge in [-0.3, -0.25) is 9.48 Å². The number of rotatable bonds is 7. The molecule has 1 aromatic carbocycles. The van der Waals surface area contributed by atoms with Gasteiger partial charge in [0.1, 0.15) is 5.82 Å². The largest absolute Gasteiger partial charge is 0.350 e. The molecule has 1 atom stereocenters. The van der Waals surface area contributed by atoms with Crippen molar-refractivity contribution in [2.75, 3.05) is 0 Å². The molecule has 1 heterocycles. The number of nitriles is 1. The summed E-state index contributed by atoms with van der Waals surface area (Å²) in [5, 5.41) is 16.0. The van der Waals surface area contributed by atoms with Crippen LogP contribution in [0.5, 0.6) is 0 Å². The zero-order valence-corrected chi connectivity index (χ0v) is 14.8. The van der Waals surface area contributed by atoms with E-state index < -0.39 is 0 Å². The highest BCUT2D eigenvalue weighted by atomic mass is 19.1. The van der Waals surface area contributed by atoms with E-state index >= 15 is 0 Å². The number of nitrogens with one attached hydrogen (secondary N) is 1. The van der Waals surface area contributed by atoms with Gasteiger partial charge in [0.05, 0.1) is 30.8 Å². The highest BCUT2D eigenvalue weighted by molar-refractivity contribution is 5.76. The van der Waals surface area contributed by atoms with Gasteiger partial charge in [-0.2, -0.15) is 10.4 Å². The van der Waals surface area contributed by atoms with Crippen molar-refractivity contribution in [3.63, 3.8) is 0 Å². The average molecular weight is 342 g/mol. The van der Waals surface area contributed by atoms with Gasteiger partial charge in [0, 0.05) is 12.1 Å². The molecule has 0 saturated heterocycles. The third-order valence-corrected chi connectivity index (χ3v) is 4.29. The summed E-state index contributed by atoms with van der Waals surface area (Å²) < 4.78 is 15.1. The van der Waals surface area contributed by atoms with Gasteiger partial charge in [0.2, 0.25) is 5.91 Å². The van der Waals surface area contributed by atoms with Crippen LogP contribution in [0.3, 0.4) is 0 Å². The van der Waals surface area contributed by atoms with Crippen molar-refractivity contribution in [2.24, 2.45) is 0 Å². The summed E-state index contributed by atoms with van der Waals surface area (Å²) in [4.78, 5) is 12.2. The van der Waals surface area contributed by atoms with E-state index in [4.69, 9.17) is 5.26 Å². The monoisotopic (exact) mass is 342 g/mol. The van der Waals surface area contributed by atoms with Gasteiger partial charge in [-0.1, -0.05) is 12.1 Å². The average Bonchev–Trinajstić information content (AvgIpc) is 2.84. The lowest BCUT2D eigenvalue weighted by Gasteiger charge is -2.14. The van der Waals surface area contributed by atoms with Crippen LogP contribution in [0.15, 0.2) is 24.3 Å². The van der Waals surface area contributed by atoms with Crippen LogP contribution < -0.4 is 5.32 Å². The minimum atomic E-state index is -0.311. The summed E-state index contributed by atoms with van der Waals surface area (Å²) in [6, 6.07) is 8.10. The number of hydrogen-bond acceptors (Lipinski definition) is 3. The Bertz CT molecular complexity index is 791. The Labute approximate surface area is 147 Å². The zero-order chi connectivity index (χ0) is 18.4. The summed E-state index contributed by atoms with van der Waals surface area (Å²) in [7, 11) is 0. The van der Waals surface area contributed by atoms with Gasteiger partial charge in [-0.05, 0) is 50.5 Å². The molecule has 0 bridgehead atoms. The molecule has 132 valence electrons. The van der Waals surface area contributed by atoms with Crippen molar-refractivity contribution in [1.29, 1.82) is 5.26 Å². The molecule has 0 unspecified atom stereocenters. The molecule has 0 aliphatic carbocycles. The Morgan fingerprint density at radius 1 is 1.44 bits per heavy atom. The first-order chi connectivity index (χ1) is 11.9. The third kappa shape index (κ3) is 4.90. The zero-order valence-electron chi connectivity index (χ0n) is 14.8. The molecular weight excluding hydrogens is 319 g/mol. The SMILES string of the molecule is Cc1nn(CCC#N)c(C)c1CCC(=O)N[C@@H](C)c1cccc(F)c1. The summed E-state index contributed by atoms with van der Waals surface area (Å²) in [5.41, 5.74) is 3.68. The quantitative estimate of drug-likeness (QED) is 0.839. The lowest BCUT2D eigenvalue weighted by Crippen LogP contribution is -2.27. The Kier molecular flexibility index (Phi) is 6.29. The number of halogens is 1. The molecule has 1 amide bonds. The highest BCUT2D eigenvalue weighted by Gasteiger charge is 2.15. The van der Waals surface area contributed by atoms with Crippen LogP contribution in [0.1, 0.15) is 48.3 Å². The lowest BCUT2D eigenvalue weighted by atomic mass is 10.1. The molecule has 1 aromatic heterocycles. The normalized spacial score (nSPS) is 11.8. The van der Waals surface area contributed by atoms with Crippen molar-refractivity contribution in [2.45, 2.75) is 52.6 Å². The number of carbonyl (C=O) groups excluding carboxylic acids is 1. The maximum atomic E-state index is 13.3. The Morgan fingerprint density at radius 3 is 2.88 bits per heavy atom. The first kappa shape index (κ1) is 18.7.